The predicted octanol–water partition coefficient (Wildman–Crippen LogP) is 2.57. The number of hydrogen-bond donors (Lipinski definition) is 1. The highest BCUT2D eigenvalue weighted by atomic mass is 16.5. The Balaban J connectivity index is 3.16. The molecule has 3 heteroatoms. The third-order valence-electron chi connectivity index (χ3n) is 2.62. The number of nitrogens with two attached hydrogens (primary N) is 1. The number of anilines is 1. The van der Waals surface area contributed by atoms with Gasteiger partial charge in [-0.05, 0) is 43.0 Å². The van der Waals surface area contributed by atoms with E-state index in [0.29, 0.717) is 12.2 Å². The third-order valence-corrected chi connectivity index (χ3v) is 2.62. The number of nitrogen functional groups attached to an aromatic ring is 1. The smallest absolute Gasteiger partial charge is 0.338 e. The van der Waals surface area contributed by atoms with Gasteiger partial charge in [0, 0.05) is 5.69 Å². The highest BCUT2D eigenvalue weighted by Gasteiger charge is 2.11. The Labute approximate surface area is 96.6 Å². The maximum absolute atomic E-state index is 11.6. The first kappa shape index (κ1) is 12.6. The van der Waals surface area contributed by atoms with Crippen LogP contribution >= 0.6 is 0 Å². The van der Waals surface area contributed by atoms with Crippen molar-refractivity contribution >= 4 is 11.7 Å². The minimum absolute atomic E-state index is 0.271. The summed E-state index contributed by atoms with van der Waals surface area (Å²) in [6.07, 6.45) is 1.65. The number of benzene rings is 1. The van der Waals surface area contributed by atoms with E-state index in [9.17, 15) is 4.79 Å². The second-order valence-corrected chi connectivity index (χ2v) is 3.64. The molecule has 1 rings (SSSR count). The molecule has 0 spiro atoms. The second kappa shape index (κ2) is 5.54. The van der Waals surface area contributed by atoms with E-state index in [1.807, 2.05) is 26.0 Å². The molecule has 0 saturated heterocycles. The largest absolute Gasteiger partial charge is 0.462 e. The van der Waals surface area contributed by atoms with Crippen molar-refractivity contribution in [2.75, 3.05) is 12.3 Å². The summed E-state index contributed by atoms with van der Waals surface area (Å²) in [4.78, 5) is 11.6. The summed E-state index contributed by atoms with van der Waals surface area (Å²) in [6.45, 7) is 6.25. The van der Waals surface area contributed by atoms with Crippen molar-refractivity contribution in [3.05, 3.63) is 28.8 Å². The van der Waals surface area contributed by atoms with Gasteiger partial charge in [-0.2, -0.15) is 0 Å². The van der Waals surface area contributed by atoms with Gasteiger partial charge >= 0.3 is 5.97 Å². The van der Waals surface area contributed by atoms with E-state index in [4.69, 9.17) is 10.5 Å². The maximum Gasteiger partial charge on any atom is 0.338 e. The molecule has 0 bridgehead atoms. The van der Waals surface area contributed by atoms with Gasteiger partial charge in [-0.3, -0.25) is 0 Å². The molecule has 0 aromatic heterocycles. The maximum atomic E-state index is 11.6. The van der Waals surface area contributed by atoms with Crippen molar-refractivity contribution in [2.24, 2.45) is 0 Å². The molecule has 0 unspecified atom stereocenters. The van der Waals surface area contributed by atoms with Gasteiger partial charge in [-0.15, -0.1) is 0 Å². The molecule has 0 radical (unpaired) electrons. The first-order chi connectivity index (χ1) is 7.63. The van der Waals surface area contributed by atoms with Crippen LogP contribution in [0.3, 0.4) is 0 Å². The van der Waals surface area contributed by atoms with E-state index >= 15 is 0 Å². The second-order valence-electron chi connectivity index (χ2n) is 3.64. The highest BCUT2D eigenvalue weighted by molar-refractivity contribution is 5.90. The number of ether oxygens (including phenoxy) is 1. The fourth-order valence-electron chi connectivity index (χ4n) is 1.70. The van der Waals surface area contributed by atoms with Crippen molar-refractivity contribution < 1.29 is 9.53 Å². The lowest BCUT2D eigenvalue weighted by Crippen LogP contribution is -2.08. The Bertz CT molecular complexity index is 361. The molecule has 1 aromatic carbocycles. The number of hydrogen-bond acceptors (Lipinski definition) is 3. The monoisotopic (exact) mass is 221 g/mol. The standard InChI is InChI=1S/C13H19NO2/c1-4-9-7-11(13(15)16-6-3)8-10(5-2)12(9)14/h7-8H,4-6,14H2,1-3H3. The minimum Gasteiger partial charge on any atom is -0.462 e. The fraction of sp³-hybridized carbons (Fsp3) is 0.462. The van der Waals surface area contributed by atoms with Crippen LogP contribution in [-0.4, -0.2) is 12.6 Å². The number of carbonyl (C=O) groups is 1. The molecule has 0 saturated carbocycles. The van der Waals surface area contributed by atoms with Gasteiger partial charge in [0.15, 0.2) is 0 Å². The predicted molar refractivity (Wildman–Crippen MR) is 65.6 cm³/mol. The van der Waals surface area contributed by atoms with Crippen LogP contribution in [0.25, 0.3) is 0 Å². The zero-order chi connectivity index (χ0) is 12.1. The topological polar surface area (TPSA) is 52.3 Å². The lowest BCUT2D eigenvalue weighted by molar-refractivity contribution is 0.0526. The van der Waals surface area contributed by atoms with Crippen LogP contribution in [0, 0.1) is 0 Å². The normalized spacial score (nSPS) is 10.2. The fourth-order valence-corrected chi connectivity index (χ4v) is 1.70. The SMILES string of the molecule is CCOC(=O)c1cc(CC)c(N)c(CC)c1. The van der Waals surface area contributed by atoms with Gasteiger partial charge in [0.1, 0.15) is 0 Å². The van der Waals surface area contributed by atoms with Crippen LogP contribution < -0.4 is 5.73 Å². The number of aryl methyl sites for hydroxylation is 2. The van der Waals surface area contributed by atoms with Crippen molar-refractivity contribution in [1.29, 1.82) is 0 Å². The molecule has 0 aliphatic heterocycles. The molecular weight excluding hydrogens is 202 g/mol. The molecule has 0 amide bonds. The molecule has 88 valence electrons. The van der Waals surface area contributed by atoms with Crippen LogP contribution in [0.1, 0.15) is 42.3 Å². The molecule has 0 fully saturated rings. The Hall–Kier alpha value is -1.51. The van der Waals surface area contributed by atoms with Gasteiger partial charge in [-0.25, -0.2) is 4.79 Å². The van der Waals surface area contributed by atoms with Crippen molar-refractivity contribution in [2.45, 2.75) is 33.6 Å². The molecule has 1 aromatic rings. The van der Waals surface area contributed by atoms with Crippen molar-refractivity contribution in [3.8, 4) is 0 Å². The van der Waals surface area contributed by atoms with Crippen molar-refractivity contribution in [1.82, 2.24) is 0 Å². The summed E-state index contributed by atoms with van der Waals surface area (Å²) in [5, 5.41) is 0. The zero-order valence-electron chi connectivity index (χ0n) is 10.2. The summed E-state index contributed by atoms with van der Waals surface area (Å²) in [7, 11) is 0. The summed E-state index contributed by atoms with van der Waals surface area (Å²) in [5.41, 5.74) is 9.43. The first-order valence-corrected chi connectivity index (χ1v) is 5.72. The van der Waals surface area contributed by atoms with E-state index in [0.717, 1.165) is 29.7 Å². The van der Waals surface area contributed by atoms with Crippen LogP contribution in [0.4, 0.5) is 5.69 Å². The summed E-state index contributed by atoms with van der Waals surface area (Å²) in [6, 6.07) is 3.65. The Kier molecular flexibility index (Phi) is 4.35. The molecule has 0 atom stereocenters. The first-order valence-electron chi connectivity index (χ1n) is 5.72. The number of esters is 1. The van der Waals surface area contributed by atoms with Crippen LogP contribution in [-0.2, 0) is 17.6 Å². The van der Waals surface area contributed by atoms with E-state index in [2.05, 4.69) is 0 Å². The number of carbonyl (C=O) groups excluding carboxylic acids is 1. The van der Waals surface area contributed by atoms with Crippen LogP contribution in [0.2, 0.25) is 0 Å². The molecule has 3 nitrogen and oxygen atoms in total. The van der Waals surface area contributed by atoms with Gasteiger partial charge in [0.25, 0.3) is 0 Å². The Morgan fingerprint density at radius 3 is 2.06 bits per heavy atom. The van der Waals surface area contributed by atoms with Gasteiger partial charge in [-0.1, -0.05) is 13.8 Å². The van der Waals surface area contributed by atoms with E-state index in [-0.39, 0.29) is 5.97 Å². The molecular formula is C13H19NO2. The average molecular weight is 221 g/mol. The minimum atomic E-state index is -0.271. The molecule has 16 heavy (non-hydrogen) atoms. The average Bonchev–Trinajstić information content (AvgIpc) is 2.29. The molecule has 0 aliphatic carbocycles. The van der Waals surface area contributed by atoms with Gasteiger partial charge < -0.3 is 10.5 Å². The van der Waals surface area contributed by atoms with E-state index < -0.39 is 0 Å². The van der Waals surface area contributed by atoms with Gasteiger partial charge in [0.05, 0.1) is 12.2 Å². The lowest BCUT2D eigenvalue weighted by atomic mass is 9.99. The Morgan fingerprint density at radius 2 is 1.69 bits per heavy atom. The zero-order valence-corrected chi connectivity index (χ0v) is 10.2. The van der Waals surface area contributed by atoms with E-state index in [1.54, 1.807) is 6.92 Å². The van der Waals surface area contributed by atoms with Gasteiger partial charge in [0.2, 0.25) is 0 Å². The van der Waals surface area contributed by atoms with Crippen LogP contribution in [0.5, 0.6) is 0 Å². The number of rotatable bonds is 4. The third kappa shape index (κ3) is 2.54. The Morgan fingerprint density at radius 1 is 1.19 bits per heavy atom. The van der Waals surface area contributed by atoms with Crippen LogP contribution in [0.15, 0.2) is 12.1 Å². The molecule has 0 aliphatic rings. The summed E-state index contributed by atoms with van der Waals surface area (Å²) >= 11 is 0. The van der Waals surface area contributed by atoms with Crippen molar-refractivity contribution in [3.63, 3.8) is 0 Å². The van der Waals surface area contributed by atoms with E-state index in [1.165, 1.54) is 0 Å². The summed E-state index contributed by atoms with van der Waals surface area (Å²) in [5.74, 6) is -0.271. The molecule has 2 N–H and O–H groups in total. The lowest BCUT2D eigenvalue weighted by Gasteiger charge is -2.11. The summed E-state index contributed by atoms with van der Waals surface area (Å²) < 4.78 is 4.99. The molecule has 0 heterocycles. The highest BCUT2D eigenvalue weighted by Crippen LogP contribution is 2.22. The quantitative estimate of drug-likeness (QED) is 0.628.